The van der Waals surface area contributed by atoms with E-state index >= 15 is 0 Å². The lowest BCUT2D eigenvalue weighted by Crippen LogP contribution is -1.90. The molecule has 1 aromatic rings. The van der Waals surface area contributed by atoms with Gasteiger partial charge in [-0.1, -0.05) is 6.07 Å². The summed E-state index contributed by atoms with van der Waals surface area (Å²) in [6, 6.07) is 5.02. The largest absolute Gasteiger partial charge is 0.768 e. The smallest absolute Gasteiger partial charge is 0.0255 e. The Labute approximate surface area is 84.4 Å². The van der Waals surface area contributed by atoms with E-state index in [1.165, 1.54) is 0 Å². The zero-order valence-electron chi connectivity index (χ0n) is 7.27. The molecule has 4 heteroatoms. The highest BCUT2D eigenvalue weighted by Crippen LogP contribution is 2.18. The summed E-state index contributed by atoms with van der Waals surface area (Å²) in [6.07, 6.45) is 7.30. The quantitative estimate of drug-likeness (QED) is 0.708. The number of benzene rings is 1. The monoisotopic (exact) mass is 206 g/mol. The fourth-order valence-corrected chi connectivity index (χ4v) is 1.69. The van der Waals surface area contributed by atoms with Crippen LogP contribution in [-0.4, -0.2) is 8.76 Å². The molecule has 3 nitrogen and oxygen atoms in total. The summed E-state index contributed by atoms with van der Waals surface area (Å²) in [4.78, 5) is 0.309. The zero-order chi connectivity index (χ0) is 9.97. The van der Waals surface area contributed by atoms with E-state index in [0.29, 0.717) is 4.90 Å². The van der Waals surface area contributed by atoms with Gasteiger partial charge in [0, 0.05) is 17.3 Å². The molecule has 1 aliphatic heterocycles. The second-order valence-electron chi connectivity index (χ2n) is 2.86. The minimum atomic E-state index is -2.16. The Morgan fingerprint density at radius 1 is 1.14 bits per heavy atom. The van der Waals surface area contributed by atoms with Crippen molar-refractivity contribution in [2.45, 2.75) is 4.90 Å². The Morgan fingerprint density at radius 2 is 1.86 bits per heavy atom. The molecule has 1 heterocycles. The van der Waals surface area contributed by atoms with Gasteiger partial charge in [0.1, 0.15) is 0 Å². The molecule has 72 valence electrons. The first-order chi connectivity index (χ1) is 6.77. The van der Waals surface area contributed by atoms with Crippen LogP contribution in [0.3, 0.4) is 0 Å². The van der Waals surface area contributed by atoms with E-state index in [1.54, 1.807) is 30.6 Å². The Bertz CT molecular complexity index is 438. The third kappa shape index (κ3) is 1.76. The van der Waals surface area contributed by atoms with Gasteiger partial charge in [0.05, 0.1) is 0 Å². The first-order valence-corrected chi connectivity index (χ1v) is 5.17. The molecule has 1 aromatic carbocycles. The molecule has 14 heavy (non-hydrogen) atoms. The Kier molecular flexibility index (Phi) is 2.47. The molecule has 0 radical (unpaired) electrons. The molecule has 0 fully saturated rings. The maximum Gasteiger partial charge on any atom is 0.0255 e. The fourth-order valence-electron chi connectivity index (χ4n) is 1.28. The summed E-state index contributed by atoms with van der Waals surface area (Å²) in [5.41, 5.74) is 1.90. The third-order valence-electron chi connectivity index (χ3n) is 1.97. The van der Waals surface area contributed by atoms with E-state index < -0.39 is 11.1 Å². The molecule has 0 aromatic heterocycles. The van der Waals surface area contributed by atoms with Gasteiger partial charge in [-0.25, -0.2) is 0 Å². The van der Waals surface area contributed by atoms with E-state index in [-0.39, 0.29) is 0 Å². The molecule has 1 atom stereocenters. The lowest BCUT2D eigenvalue weighted by molar-refractivity contribution is 0.537. The SMILES string of the molecule is O=S([O-])c1ccc2c(c1)C=CNC=C2. The van der Waals surface area contributed by atoms with Crippen molar-refractivity contribution in [3.05, 3.63) is 41.7 Å². The topological polar surface area (TPSA) is 52.2 Å². The summed E-state index contributed by atoms with van der Waals surface area (Å²) in [5, 5.41) is 2.93. The molecular weight excluding hydrogens is 198 g/mol. The molecule has 0 aliphatic carbocycles. The molecule has 2 rings (SSSR count). The van der Waals surface area contributed by atoms with Crippen molar-refractivity contribution in [2.24, 2.45) is 0 Å². The van der Waals surface area contributed by atoms with Crippen LogP contribution in [0.2, 0.25) is 0 Å². The second-order valence-corrected chi connectivity index (χ2v) is 3.80. The summed E-state index contributed by atoms with van der Waals surface area (Å²) in [5.74, 6) is 0. The van der Waals surface area contributed by atoms with Crippen LogP contribution in [0.15, 0.2) is 35.5 Å². The first-order valence-electron chi connectivity index (χ1n) is 4.10. The van der Waals surface area contributed by atoms with E-state index in [2.05, 4.69) is 5.32 Å². The number of hydrogen-bond donors (Lipinski definition) is 1. The number of hydrogen-bond acceptors (Lipinski definition) is 3. The van der Waals surface area contributed by atoms with E-state index in [0.717, 1.165) is 11.1 Å². The maximum atomic E-state index is 10.7. The van der Waals surface area contributed by atoms with Gasteiger partial charge in [-0.3, -0.25) is 4.21 Å². The lowest BCUT2D eigenvalue weighted by Gasteiger charge is -2.07. The van der Waals surface area contributed by atoms with Crippen molar-refractivity contribution in [3.63, 3.8) is 0 Å². The lowest BCUT2D eigenvalue weighted by atomic mass is 10.1. The predicted octanol–water partition coefficient (Wildman–Crippen LogP) is 1.47. The van der Waals surface area contributed by atoms with Crippen LogP contribution in [0.5, 0.6) is 0 Å². The Hall–Kier alpha value is -1.39. The number of nitrogens with one attached hydrogen (secondary N) is 1. The first kappa shape index (κ1) is 9.18. The molecular formula is C10H8NO2S-. The van der Waals surface area contributed by atoms with Gasteiger partial charge in [0.2, 0.25) is 0 Å². The van der Waals surface area contributed by atoms with Crippen LogP contribution in [-0.2, 0) is 11.1 Å². The van der Waals surface area contributed by atoms with Crippen molar-refractivity contribution >= 4 is 23.2 Å². The van der Waals surface area contributed by atoms with Crippen molar-refractivity contribution in [2.75, 3.05) is 0 Å². The molecule has 0 bridgehead atoms. The highest BCUT2D eigenvalue weighted by Gasteiger charge is 2.00. The van der Waals surface area contributed by atoms with Gasteiger partial charge in [0.15, 0.2) is 0 Å². The molecule has 1 N–H and O–H groups in total. The molecule has 0 amide bonds. The summed E-state index contributed by atoms with van der Waals surface area (Å²) < 4.78 is 21.4. The van der Waals surface area contributed by atoms with E-state index in [1.807, 2.05) is 12.2 Å². The Balaban J connectivity index is 2.53. The highest BCUT2D eigenvalue weighted by molar-refractivity contribution is 7.79. The van der Waals surface area contributed by atoms with Gasteiger partial charge in [-0.05, 0) is 46.5 Å². The van der Waals surface area contributed by atoms with Crippen LogP contribution in [0, 0.1) is 0 Å². The van der Waals surface area contributed by atoms with Crippen LogP contribution >= 0.6 is 0 Å². The van der Waals surface area contributed by atoms with Gasteiger partial charge < -0.3 is 9.87 Å². The number of rotatable bonds is 1. The molecule has 0 saturated heterocycles. The van der Waals surface area contributed by atoms with Crippen LogP contribution in [0.1, 0.15) is 11.1 Å². The van der Waals surface area contributed by atoms with Crippen LogP contribution in [0.4, 0.5) is 0 Å². The summed E-state index contributed by atoms with van der Waals surface area (Å²) in [7, 11) is 0. The summed E-state index contributed by atoms with van der Waals surface area (Å²) in [6.45, 7) is 0. The molecule has 1 unspecified atom stereocenters. The van der Waals surface area contributed by atoms with Gasteiger partial charge in [-0.2, -0.15) is 0 Å². The molecule has 1 aliphatic rings. The van der Waals surface area contributed by atoms with Crippen molar-refractivity contribution in [1.82, 2.24) is 5.32 Å². The van der Waals surface area contributed by atoms with Gasteiger partial charge in [-0.15, -0.1) is 0 Å². The number of fused-ring (bicyclic) bond motifs is 1. The normalized spacial score (nSPS) is 15.5. The standard InChI is InChI=1S/C10H9NO2S/c12-14(13)10-2-1-8-3-5-11-6-4-9(8)7-10/h1-7,11H,(H,12,13)/p-1. The predicted molar refractivity (Wildman–Crippen MR) is 54.8 cm³/mol. The molecule has 0 spiro atoms. The van der Waals surface area contributed by atoms with Crippen LogP contribution < -0.4 is 5.32 Å². The van der Waals surface area contributed by atoms with E-state index in [9.17, 15) is 8.76 Å². The summed E-state index contributed by atoms with van der Waals surface area (Å²) >= 11 is -2.16. The minimum Gasteiger partial charge on any atom is -0.768 e. The van der Waals surface area contributed by atoms with Crippen molar-refractivity contribution < 1.29 is 8.76 Å². The van der Waals surface area contributed by atoms with Crippen molar-refractivity contribution in [1.29, 1.82) is 0 Å². The average Bonchev–Trinajstić information content (AvgIpc) is 2.41. The fraction of sp³-hybridized carbons (Fsp3) is 0. The van der Waals surface area contributed by atoms with Gasteiger partial charge in [0.25, 0.3) is 0 Å². The third-order valence-corrected chi connectivity index (χ3v) is 2.61. The maximum absolute atomic E-state index is 10.7. The molecule has 0 saturated carbocycles. The van der Waals surface area contributed by atoms with E-state index in [4.69, 9.17) is 0 Å². The highest BCUT2D eigenvalue weighted by atomic mass is 32.2. The van der Waals surface area contributed by atoms with Crippen molar-refractivity contribution in [3.8, 4) is 0 Å². The minimum absolute atomic E-state index is 0.309. The zero-order valence-corrected chi connectivity index (χ0v) is 8.08. The van der Waals surface area contributed by atoms with Gasteiger partial charge >= 0.3 is 0 Å². The second kappa shape index (κ2) is 3.77. The van der Waals surface area contributed by atoms with Crippen LogP contribution in [0.25, 0.3) is 12.2 Å². The average molecular weight is 206 g/mol. The Morgan fingerprint density at radius 3 is 2.57 bits per heavy atom.